The van der Waals surface area contributed by atoms with Gasteiger partial charge in [0.2, 0.25) is 0 Å². The van der Waals surface area contributed by atoms with Crippen LogP contribution in [0, 0.1) is 17.3 Å². The highest BCUT2D eigenvalue weighted by molar-refractivity contribution is 5.87. The average Bonchev–Trinajstić information content (AvgIpc) is 2.85. The van der Waals surface area contributed by atoms with Crippen molar-refractivity contribution >= 4 is 11.9 Å². The number of esters is 2. The fourth-order valence-corrected chi connectivity index (χ4v) is 3.55. The van der Waals surface area contributed by atoms with Crippen LogP contribution in [-0.4, -0.2) is 24.1 Å². The van der Waals surface area contributed by atoms with E-state index in [2.05, 4.69) is 0 Å². The van der Waals surface area contributed by atoms with E-state index >= 15 is 0 Å². The molecular formula is C15H24O4. The van der Waals surface area contributed by atoms with E-state index in [9.17, 15) is 9.59 Å². The molecule has 0 N–H and O–H groups in total. The van der Waals surface area contributed by atoms with Crippen LogP contribution in [0.5, 0.6) is 0 Å². The summed E-state index contributed by atoms with van der Waals surface area (Å²) in [7, 11) is 0. The Morgan fingerprint density at radius 2 is 1.74 bits per heavy atom. The largest absolute Gasteiger partial charge is 0.463 e. The zero-order valence-corrected chi connectivity index (χ0v) is 12.3. The molecular weight excluding hydrogens is 244 g/mol. The summed E-state index contributed by atoms with van der Waals surface area (Å²) in [6.07, 6.45) is 3.09. The van der Waals surface area contributed by atoms with Crippen molar-refractivity contribution < 1.29 is 19.1 Å². The van der Waals surface area contributed by atoms with Gasteiger partial charge in [-0.2, -0.15) is 0 Å². The molecule has 19 heavy (non-hydrogen) atoms. The van der Waals surface area contributed by atoms with Gasteiger partial charge in [0.15, 0.2) is 0 Å². The Labute approximate surface area is 114 Å². The predicted octanol–water partition coefficient (Wildman–Crippen LogP) is 2.70. The number of hydrogen-bond acceptors (Lipinski definition) is 4. The third-order valence-corrected chi connectivity index (χ3v) is 4.27. The van der Waals surface area contributed by atoms with Crippen LogP contribution in [0.15, 0.2) is 0 Å². The number of fused-ring (bicyclic) bond motifs is 2. The second kappa shape index (κ2) is 5.14. The predicted molar refractivity (Wildman–Crippen MR) is 70.3 cm³/mol. The van der Waals surface area contributed by atoms with Gasteiger partial charge in [-0.25, -0.2) is 0 Å². The van der Waals surface area contributed by atoms with Gasteiger partial charge < -0.3 is 9.47 Å². The van der Waals surface area contributed by atoms with Crippen molar-refractivity contribution in [1.29, 1.82) is 0 Å². The number of carbonyl (C=O) groups excluding carboxylic acids is 2. The normalized spacial score (nSPS) is 32.9. The minimum atomic E-state index is -0.610. The maximum absolute atomic E-state index is 12.4. The van der Waals surface area contributed by atoms with Crippen LogP contribution in [0.1, 0.15) is 53.4 Å². The fourth-order valence-electron chi connectivity index (χ4n) is 3.55. The van der Waals surface area contributed by atoms with Crippen molar-refractivity contribution in [3.63, 3.8) is 0 Å². The molecule has 3 unspecified atom stereocenters. The molecule has 108 valence electrons. The number of carbonyl (C=O) groups is 2. The van der Waals surface area contributed by atoms with Gasteiger partial charge in [0.05, 0.1) is 23.5 Å². The van der Waals surface area contributed by atoms with Gasteiger partial charge in [0.25, 0.3) is 0 Å². The first-order valence-electron chi connectivity index (χ1n) is 7.26. The molecule has 0 heterocycles. The quantitative estimate of drug-likeness (QED) is 0.736. The Hall–Kier alpha value is -1.06. The Bertz CT molecular complexity index is 374. The highest BCUT2D eigenvalue weighted by Crippen LogP contribution is 2.58. The van der Waals surface area contributed by atoms with Gasteiger partial charge in [-0.1, -0.05) is 0 Å². The van der Waals surface area contributed by atoms with Crippen molar-refractivity contribution in [3.8, 4) is 0 Å². The standard InChI is InChI=1S/C15H24O4/c1-9(2)18-13(16)12-7-11-5-6-15(12,8-11)14(17)19-10(3)4/h9-12H,5-8H2,1-4H3. The minimum Gasteiger partial charge on any atom is -0.463 e. The molecule has 2 rings (SSSR count). The summed E-state index contributed by atoms with van der Waals surface area (Å²) in [5.74, 6) is -0.254. The van der Waals surface area contributed by atoms with E-state index in [4.69, 9.17) is 9.47 Å². The molecule has 4 nitrogen and oxygen atoms in total. The molecule has 2 aliphatic carbocycles. The van der Waals surface area contributed by atoms with Gasteiger partial charge in [0, 0.05) is 0 Å². The molecule has 0 amide bonds. The van der Waals surface area contributed by atoms with Gasteiger partial charge in [-0.15, -0.1) is 0 Å². The Balaban J connectivity index is 2.15. The molecule has 0 aromatic rings. The van der Waals surface area contributed by atoms with Crippen LogP contribution in [-0.2, 0) is 19.1 Å². The van der Waals surface area contributed by atoms with Gasteiger partial charge >= 0.3 is 11.9 Å². The minimum absolute atomic E-state index is 0.134. The first-order valence-corrected chi connectivity index (χ1v) is 7.26. The summed E-state index contributed by atoms with van der Waals surface area (Å²) in [5.41, 5.74) is -0.610. The molecule has 0 aromatic carbocycles. The Morgan fingerprint density at radius 3 is 2.26 bits per heavy atom. The summed E-state index contributed by atoms with van der Waals surface area (Å²) in [5, 5.41) is 0. The second-order valence-electron chi connectivity index (χ2n) is 6.49. The summed E-state index contributed by atoms with van der Waals surface area (Å²) in [6.45, 7) is 7.36. The highest BCUT2D eigenvalue weighted by atomic mass is 16.6. The van der Waals surface area contributed by atoms with E-state index in [1.54, 1.807) is 0 Å². The second-order valence-corrected chi connectivity index (χ2v) is 6.49. The van der Waals surface area contributed by atoms with Crippen LogP contribution in [0.4, 0.5) is 0 Å². The maximum atomic E-state index is 12.4. The lowest BCUT2D eigenvalue weighted by atomic mass is 9.75. The van der Waals surface area contributed by atoms with Crippen LogP contribution >= 0.6 is 0 Å². The third kappa shape index (κ3) is 2.63. The monoisotopic (exact) mass is 268 g/mol. The van der Waals surface area contributed by atoms with E-state index < -0.39 is 5.41 Å². The summed E-state index contributed by atoms with van der Waals surface area (Å²) in [4.78, 5) is 24.6. The fraction of sp³-hybridized carbons (Fsp3) is 0.867. The summed E-state index contributed by atoms with van der Waals surface area (Å²) >= 11 is 0. The van der Waals surface area contributed by atoms with Crippen molar-refractivity contribution in [3.05, 3.63) is 0 Å². The smallest absolute Gasteiger partial charge is 0.313 e. The third-order valence-electron chi connectivity index (χ3n) is 4.27. The van der Waals surface area contributed by atoms with Crippen molar-refractivity contribution in [2.24, 2.45) is 17.3 Å². The molecule has 0 aliphatic heterocycles. The molecule has 0 spiro atoms. The highest BCUT2D eigenvalue weighted by Gasteiger charge is 2.61. The van der Waals surface area contributed by atoms with Gasteiger partial charge in [-0.3, -0.25) is 9.59 Å². The van der Waals surface area contributed by atoms with Crippen molar-refractivity contribution in [1.82, 2.24) is 0 Å². The van der Waals surface area contributed by atoms with Crippen molar-refractivity contribution in [2.45, 2.75) is 65.6 Å². The van der Waals surface area contributed by atoms with E-state index in [0.29, 0.717) is 5.92 Å². The average molecular weight is 268 g/mol. The van der Waals surface area contributed by atoms with Crippen LogP contribution in [0.3, 0.4) is 0 Å². The number of ether oxygens (including phenoxy) is 2. The molecule has 2 aliphatic rings. The summed E-state index contributed by atoms with van der Waals surface area (Å²) in [6, 6.07) is 0. The Kier molecular flexibility index (Phi) is 3.88. The van der Waals surface area contributed by atoms with E-state index in [1.165, 1.54) is 0 Å². The molecule has 2 bridgehead atoms. The SMILES string of the molecule is CC(C)OC(=O)C1CC2CCC1(C(=O)OC(C)C)C2. The van der Waals surface area contributed by atoms with Crippen LogP contribution in [0.2, 0.25) is 0 Å². The topological polar surface area (TPSA) is 52.6 Å². The first kappa shape index (κ1) is 14.4. The number of hydrogen-bond donors (Lipinski definition) is 0. The molecule has 4 heteroatoms. The van der Waals surface area contributed by atoms with Crippen LogP contribution < -0.4 is 0 Å². The zero-order valence-electron chi connectivity index (χ0n) is 12.3. The lowest BCUT2D eigenvalue weighted by molar-refractivity contribution is -0.172. The molecule has 0 radical (unpaired) electrons. The Morgan fingerprint density at radius 1 is 1.11 bits per heavy atom. The van der Waals surface area contributed by atoms with Gasteiger partial charge in [-0.05, 0) is 59.3 Å². The molecule has 2 fully saturated rings. The van der Waals surface area contributed by atoms with Crippen molar-refractivity contribution in [2.75, 3.05) is 0 Å². The molecule has 2 saturated carbocycles. The lowest BCUT2D eigenvalue weighted by Gasteiger charge is -2.32. The van der Waals surface area contributed by atoms with E-state index in [0.717, 1.165) is 25.7 Å². The van der Waals surface area contributed by atoms with Gasteiger partial charge in [0.1, 0.15) is 0 Å². The molecule has 0 aromatic heterocycles. The zero-order chi connectivity index (χ0) is 14.2. The first-order chi connectivity index (χ1) is 8.85. The van der Waals surface area contributed by atoms with E-state index in [1.807, 2.05) is 27.7 Å². The van der Waals surface area contributed by atoms with E-state index in [-0.39, 0.29) is 30.1 Å². The summed E-state index contributed by atoms with van der Waals surface area (Å²) < 4.78 is 10.7. The molecule has 3 atom stereocenters. The molecule has 0 saturated heterocycles. The van der Waals surface area contributed by atoms with Crippen LogP contribution in [0.25, 0.3) is 0 Å². The number of rotatable bonds is 4. The lowest BCUT2D eigenvalue weighted by Crippen LogP contribution is -2.41. The maximum Gasteiger partial charge on any atom is 0.313 e.